The van der Waals surface area contributed by atoms with Crippen molar-refractivity contribution in [2.45, 2.75) is 26.1 Å². The number of benzene rings is 3. The number of carbonyl (C=O) groups excluding carboxylic acids is 2. The van der Waals surface area contributed by atoms with Crippen molar-refractivity contribution in [1.82, 2.24) is 9.88 Å². The number of aromatic nitrogens is 1. The van der Waals surface area contributed by atoms with Crippen molar-refractivity contribution >= 4 is 34.1 Å². The van der Waals surface area contributed by atoms with Gasteiger partial charge in [-0.1, -0.05) is 12.1 Å². The number of halogens is 1. The lowest BCUT2D eigenvalue weighted by atomic mass is 10.1. The van der Waals surface area contributed by atoms with E-state index in [2.05, 4.69) is 15.5 Å². The molecule has 8 nitrogen and oxygen atoms in total. The van der Waals surface area contributed by atoms with Crippen LogP contribution in [0.15, 0.2) is 66.7 Å². The van der Waals surface area contributed by atoms with E-state index < -0.39 is 6.17 Å². The van der Waals surface area contributed by atoms with Gasteiger partial charge >= 0.3 is 0 Å². The van der Waals surface area contributed by atoms with Gasteiger partial charge in [0.15, 0.2) is 11.5 Å². The summed E-state index contributed by atoms with van der Waals surface area (Å²) in [5.41, 5.74) is 4.59. The van der Waals surface area contributed by atoms with Crippen LogP contribution in [-0.4, -0.2) is 54.2 Å². The summed E-state index contributed by atoms with van der Waals surface area (Å²) in [5, 5.41) is 6.69. The summed E-state index contributed by atoms with van der Waals surface area (Å²) in [7, 11) is 0. The number of amides is 2. The van der Waals surface area contributed by atoms with E-state index in [0.29, 0.717) is 66.7 Å². The lowest BCUT2D eigenvalue weighted by molar-refractivity contribution is 0.101. The number of likely N-dealkylation sites (tertiary alicyclic amines) is 1. The molecule has 0 aliphatic carbocycles. The molecule has 9 heteroatoms. The van der Waals surface area contributed by atoms with Crippen molar-refractivity contribution < 1.29 is 23.5 Å². The molecule has 3 aromatic carbocycles. The number of hydrogen-bond acceptors (Lipinski definition) is 6. The normalized spacial score (nSPS) is 16.6. The number of nitrogens with zero attached hydrogens (tertiary/aromatic N) is 2. The minimum Gasteiger partial charge on any atom is -0.486 e. The van der Waals surface area contributed by atoms with Gasteiger partial charge in [0.25, 0.3) is 11.8 Å². The zero-order chi connectivity index (χ0) is 27.6. The Balaban J connectivity index is 1.14. The van der Waals surface area contributed by atoms with Gasteiger partial charge in [0, 0.05) is 47.5 Å². The molecule has 2 aliphatic heterocycles. The average molecular weight is 541 g/mol. The first kappa shape index (κ1) is 25.8. The maximum absolute atomic E-state index is 13.5. The van der Waals surface area contributed by atoms with Crippen LogP contribution in [0, 0.1) is 6.92 Å². The first-order chi connectivity index (χ1) is 19.4. The molecule has 1 fully saturated rings. The highest BCUT2D eigenvalue weighted by Gasteiger charge is 2.22. The molecule has 3 heterocycles. The number of alkyl halides is 1. The van der Waals surface area contributed by atoms with Crippen LogP contribution in [0.5, 0.6) is 11.5 Å². The average Bonchev–Trinajstić information content (AvgIpc) is 3.38. The summed E-state index contributed by atoms with van der Waals surface area (Å²) in [6.07, 6.45) is -0.192. The lowest BCUT2D eigenvalue weighted by Crippen LogP contribution is -2.21. The van der Waals surface area contributed by atoms with Crippen molar-refractivity contribution in [3.63, 3.8) is 0 Å². The van der Waals surface area contributed by atoms with Gasteiger partial charge in [-0.2, -0.15) is 0 Å². The van der Waals surface area contributed by atoms with Gasteiger partial charge in [-0.25, -0.2) is 4.39 Å². The second-order valence-electron chi connectivity index (χ2n) is 10.1. The van der Waals surface area contributed by atoms with Gasteiger partial charge in [0.05, 0.1) is 11.2 Å². The largest absolute Gasteiger partial charge is 0.486 e. The number of pyridine rings is 1. The molecule has 40 heavy (non-hydrogen) atoms. The predicted molar refractivity (Wildman–Crippen MR) is 151 cm³/mol. The first-order valence-electron chi connectivity index (χ1n) is 13.3. The predicted octanol–water partition coefficient (Wildman–Crippen LogP) is 5.36. The van der Waals surface area contributed by atoms with Gasteiger partial charge in [-0.15, -0.1) is 0 Å². The number of aryl methyl sites for hydroxylation is 1. The molecule has 2 N–H and O–H groups in total. The Morgan fingerprint density at radius 2 is 1.70 bits per heavy atom. The Bertz CT molecular complexity index is 1610. The zero-order valence-electron chi connectivity index (χ0n) is 22.1. The highest BCUT2D eigenvalue weighted by atomic mass is 19.1. The quantitative estimate of drug-likeness (QED) is 0.342. The van der Waals surface area contributed by atoms with Crippen LogP contribution in [-0.2, 0) is 6.54 Å². The van der Waals surface area contributed by atoms with Gasteiger partial charge < -0.3 is 20.1 Å². The summed E-state index contributed by atoms with van der Waals surface area (Å²) in [6, 6.07) is 19.7. The van der Waals surface area contributed by atoms with Crippen molar-refractivity contribution in [3.8, 4) is 11.5 Å². The molecule has 0 radical (unpaired) electrons. The molecule has 1 atom stereocenters. The maximum atomic E-state index is 13.5. The van der Waals surface area contributed by atoms with E-state index in [1.54, 1.807) is 42.5 Å². The number of anilines is 2. The van der Waals surface area contributed by atoms with E-state index in [1.165, 1.54) is 0 Å². The van der Waals surface area contributed by atoms with Crippen LogP contribution in [0.2, 0.25) is 0 Å². The molecular weight excluding hydrogens is 511 g/mol. The zero-order valence-corrected chi connectivity index (χ0v) is 22.1. The monoisotopic (exact) mass is 540 g/mol. The second-order valence-corrected chi connectivity index (χ2v) is 10.1. The molecule has 2 aliphatic rings. The Morgan fingerprint density at radius 3 is 2.52 bits per heavy atom. The molecule has 0 unspecified atom stereocenters. The summed E-state index contributed by atoms with van der Waals surface area (Å²) in [4.78, 5) is 32.8. The van der Waals surface area contributed by atoms with Gasteiger partial charge in [-0.05, 0) is 73.5 Å². The Hall–Kier alpha value is -4.50. The molecule has 1 aromatic heterocycles. The van der Waals surface area contributed by atoms with Gasteiger partial charge in [0.1, 0.15) is 19.4 Å². The minimum atomic E-state index is -0.762. The molecule has 2 amide bonds. The van der Waals surface area contributed by atoms with Crippen molar-refractivity contribution in [3.05, 3.63) is 89.1 Å². The van der Waals surface area contributed by atoms with Crippen molar-refractivity contribution in [2.75, 3.05) is 36.9 Å². The fraction of sp³-hybridized carbons (Fsp3) is 0.258. The highest BCUT2D eigenvalue weighted by Crippen LogP contribution is 2.31. The number of nitrogens with one attached hydrogen (secondary N) is 2. The molecular formula is C31H29FN4O4. The van der Waals surface area contributed by atoms with Crippen molar-refractivity contribution in [1.29, 1.82) is 0 Å². The number of ether oxygens (including phenoxy) is 2. The van der Waals surface area contributed by atoms with Gasteiger partial charge in [0.2, 0.25) is 0 Å². The Kier molecular flexibility index (Phi) is 7.04. The van der Waals surface area contributed by atoms with Gasteiger partial charge in [-0.3, -0.25) is 19.5 Å². The summed E-state index contributed by atoms with van der Waals surface area (Å²) < 4.78 is 24.6. The fourth-order valence-electron chi connectivity index (χ4n) is 4.97. The number of carbonyl (C=O) groups is 2. The van der Waals surface area contributed by atoms with Crippen molar-refractivity contribution in [2.24, 2.45) is 0 Å². The molecule has 0 saturated carbocycles. The van der Waals surface area contributed by atoms with E-state index in [4.69, 9.17) is 14.5 Å². The number of fused-ring (bicyclic) bond motifs is 2. The summed E-state index contributed by atoms with van der Waals surface area (Å²) >= 11 is 0. The topological polar surface area (TPSA) is 92.8 Å². The third-order valence-corrected chi connectivity index (χ3v) is 7.16. The van der Waals surface area contributed by atoms with E-state index in [0.717, 1.165) is 28.7 Å². The summed E-state index contributed by atoms with van der Waals surface area (Å²) in [5.74, 6) is 0.592. The van der Waals surface area contributed by atoms with Crippen LogP contribution in [0.4, 0.5) is 15.8 Å². The van der Waals surface area contributed by atoms with E-state index in [-0.39, 0.29) is 11.8 Å². The molecule has 1 saturated heterocycles. The first-order valence-corrected chi connectivity index (χ1v) is 13.3. The van der Waals surface area contributed by atoms with E-state index >= 15 is 0 Å². The highest BCUT2D eigenvalue weighted by molar-refractivity contribution is 6.08. The van der Waals surface area contributed by atoms with Crippen LogP contribution in [0.1, 0.15) is 38.4 Å². The Morgan fingerprint density at radius 1 is 0.925 bits per heavy atom. The van der Waals surface area contributed by atoms with Crippen LogP contribution in [0.25, 0.3) is 10.9 Å². The fourth-order valence-corrected chi connectivity index (χ4v) is 4.97. The standard InChI is InChI=1S/C31H29FN4O4/c1-19-2-6-24(34-30(37)22-5-9-28-29(15-22)40-13-12-39-28)16-27(19)35-31(38)21-4-8-26-20(14-21)3-7-25(33-26)18-36-11-10-23(32)17-36/h2-9,14-16,23H,10-13,17-18H2,1H3,(H,34,37)(H,35,38)/t23-/m0/s1. The molecule has 6 rings (SSSR count). The maximum Gasteiger partial charge on any atom is 0.255 e. The Labute approximate surface area is 231 Å². The SMILES string of the molecule is Cc1ccc(NC(=O)c2ccc3c(c2)OCCO3)cc1NC(=O)c1ccc2nc(CN3CC[C@H](F)C3)ccc2c1. The molecule has 0 spiro atoms. The van der Waals surface area contributed by atoms with E-state index in [1.807, 2.05) is 31.2 Å². The second kappa shape index (κ2) is 10.9. The van der Waals surface area contributed by atoms with Crippen LogP contribution in [0.3, 0.4) is 0 Å². The van der Waals surface area contributed by atoms with E-state index in [9.17, 15) is 14.0 Å². The molecule has 4 aromatic rings. The molecule has 0 bridgehead atoms. The smallest absolute Gasteiger partial charge is 0.255 e. The summed E-state index contributed by atoms with van der Waals surface area (Å²) in [6.45, 7) is 4.60. The number of rotatable bonds is 6. The number of hydrogen-bond donors (Lipinski definition) is 2. The van der Waals surface area contributed by atoms with Crippen LogP contribution < -0.4 is 20.1 Å². The molecule has 204 valence electrons. The lowest BCUT2D eigenvalue weighted by Gasteiger charge is -2.18. The van der Waals surface area contributed by atoms with Crippen LogP contribution >= 0.6 is 0 Å². The third-order valence-electron chi connectivity index (χ3n) is 7.16. The third kappa shape index (κ3) is 5.60. The minimum absolute atomic E-state index is 0.268.